The zero-order valence-corrected chi connectivity index (χ0v) is 12.0. The topological polar surface area (TPSA) is 42.7 Å². The van der Waals surface area contributed by atoms with E-state index in [1.54, 1.807) is 17.3 Å². The SMILES string of the molecule is CCC1CCCC(Nc2ccc(-n3cncn3)cc2)C1. The van der Waals surface area contributed by atoms with Gasteiger partial charge in [-0.2, -0.15) is 5.10 Å². The fraction of sp³-hybridized carbons (Fsp3) is 0.500. The number of rotatable bonds is 4. The highest BCUT2D eigenvalue weighted by molar-refractivity contribution is 5.49. The minimum Gasteiger partial charge on any atom is -0.382 e. The second-order valence-electron chi connectivity index (χ2n) is 5.67. The Balaban J connectivity index is 1.63. The Kier molecular flexibility index (Phi) is 4.00. The highest BCUT2D eigenvalue weighted by Gasteiger charge is 2.20. The van der Waals surface area contributed by atoms with Gasteiger partial charge in [-0.1, -0.05) is 26.2 Å². The van der Waals surface area contributed by atoms with Crippen molar-refractivity contribution in [2.45, 2.75) is 45.1 Å². The van der Waals surface area contributed by atoms with Gasteiger partial charge in [0.05, 0.1) is 5.69 Å². The molecule has 3 rings (SSSR count). The molecular formula is C16H22N4. The minimum atomic E-state index is 0.630. The molecule has 2 aromatic rings. The van der Waals surface area contributed by atoms with Crippen LogP contribution in [0.15, 0.2) is 36.9 Å². The summed E-state index contributed by atoms with van der Waals surface area (Å²) < 4.78 is 1.78. The molecule has 0 amide bonds. The van der Waals surface area contributed by atoms with Crippen LogP contribution >= 0.6 is 0 Å². The first-order valence-corrected chi connectivity index (χ1v) is 7.56. The minimum absolute atomic E-state index is 0.630. The second kappa shape index (κ2) is 6.07. The summed E-state index contributed by atoms with van der Waals surface area (Å²) in [6, 6.07) is 9.05. The van der Waals surface area contributed by atoms with Crippen LogP contribution < -0.4 is 5.32 Å². The summed E-state index contributed by atoms with van der Waals surface area (Å²) in [4.78, 5) is 3.97. The molecule has 1 N–H and O–H groups in total. The summed E-state index contributed by atoms with van der Waals surface area (Å²) >= 11 is 0. The molecule has 0 aliphatic heterocycles. The maximum atomic E-state index is 4.14. The van der Waals surface area contributed by atoms with Gasteiger partial charge in [0.15, 0.2) is 0 Å². The first-order valence-electron chi connectivity index (χ1n) is 7.56. The molecule has 4 heteroatoms. The van der Waals surface area contributed by atoms with E-state index >= 15 is 0 Å². The van der Waals surface area contributed by atoms with Crippen LogP contribution in [0, 0.1) is 5.92 Å². The molecule has 2 atom stereocenters. The van der Waals surface area contributed by atoms with Crippen molar-refractivity contribution in [3.63, 3.8) is 0 Å². The third kappa shape index (κ3) is 3.00. The molecule has 0 saturated heterocycles. The Morgan fingerprint density at radius 3 is 2.80 bits per heavy atom. The van der Waals surface area contributed by atoms with Gasteiger partial charge < -0.3 is 5.32 Å². The lowest BCUT2D eigenvalue weighted by Crippen LogP contribution is -2.27. The molecule has 106 valence electrons. The Labute approximate surface area is 120 Å². The van der Waals surface area contributed by atoms with Crippen molar-refractivity contribution in [1.82, 2.24) is 14.8 Å². The van der Waals surface area contributed by atoms with E-state index < -0.39 is 0 Å². The predicted molar refractivity (Wildman–Crippen MR) is 81.0 cm³/mol. The first kappa shape index (κ1) is 13.2. The Morgan fingerprint density at radius 1 is 1.25 bits per heavy atom. The summed E-state index contributed by atoms with van der Waals surface area (Å²) in [5, 5.41) is 7.81. The lowest BCUT2D eigenvalue weighted by Gasteiger charge is -2.29. The van der Waals surface area contributed by atoms with E-state index in [2.05, 4.69) is 46.6 Å². The number of aromatic nitrogens is 3. The van der Waals surface area contributed by atoms with Gasteiger partial charge in [0.1, 0.15) is 12.7 Å². The molecule has 1 heterocycles. The molecule has 1 aliphatic carbocycles. The van der Waals surface area contributed by atoms with Gasteiger partial charge in [-0.05, 0) is 43.0 Å². The molecule has 0 radical (unpaired) electrons. The summed E-state index contributed by atoms with van der Waals surface area (Å²) in [6.45, 7) is 2.31. The van der Waals surface area contributed by atoms with Crippen molar-refractivity contribution >= 4 is 5.69 Å². The fourth-order valence-electron chi connectivity index (χ4n) is 3.08. The van der Waals surface area contributed by atoms with Gasteiger partial charge in [-0.25, -0.2) is 9.67 Å². The largest absolute Gasteiger partial charge is 0.382 e. The number of nitrogens with one attached hydrogen (secondary N) is 1. The van der Waals surface area contributed by atoms with E-state index in [4.69, 9.17) is 0 Å². The maximum Gasteiger partial charge on any atom is 0.138 e. The highest BCUT2D eigenvalue weighted by Crippen LogP contribution is 2.28. The number of hydrogen-bond donors (Lipinski definition) is 1. The molecule has 0 bridgehead atoms. The Bertz CT molecular complexity index is 518. The number of nitrogens with zero attached hydrogens (tertiary/aromatic N) is 3. The second-order valence-corrected chi connectivity index (χ2v) is 5.67. The maximum absolute atomic E-state index is 4.14. The number of hydrogen-bond acceptors (Lipinski definition) is 3. The van der Waals surface area contributed by atoms with Gasteiger partial charge in [-0.15, -0.1) is 0 Å². The Morgan fingerprint density at radius 2 is 2.10 bits per heavy atom. The van der Waals surface area contributed by atoms with Crippen LogP contribution in [0.25, 0.3) is 5.69 Å². The van der Waals surface area contributed by atoms with Gasteiger partial charge in [0, 0.05) is 11.7 Å². The summed E-state index contributed by atoms with van der Waals surface area (Å²) in [5.74, 6) is 0.899. The molecule has 1 saturated carbocycles. The van der Waals surface area contributed by atoms with E-state index in [0.717, 1.165) is 11.6 Å². The van der Waals surface area contributed by atoms with Crippen molar-refractivity contribution in [2.75, 3.05) is 5.32 Å². The van der Waals surface area contributed by atoms with Crippen molar-refractivity contribution in [2.24, 2.45) is 5.92 Å². The molecular weight excluding hydrogens is 248 g/mol. The Hall–Kier alpha value is -1.84. The van der Waals surface area contributed by atoms with Gasteiger partial charge in [0.25, 0.3) is 0 Å². The van der Waals surface area contributed by atoms with Crippen LogP contribution in [0.5, 0.6) is 0 Å². The van der Waals surface area contributed by atoms with E-state index in [9.17, 15) is 0 Å². The van der Waals surface area contributed by atoms with Gasteiger partial charge >= 0.3 is 0 Å². The smallest absolute Gasteiger partial charge is 0.138 e. The van der Waals surface area contributed by atoms with Crippen LogP contribution in [0.4, 0.5) is 5.69 Å². The normalized spacial score (nSPS) is 22.6. The lowest BCUT2D eigenvalue weighted by molar-refractivity contribution is 0.327. The predicted octanol–water partition coefficient (Wildman–Crippen LogP) is 3.65. The van der Waals surface area contributed by atoms with E-state index in [1.165, 1.54) is 37.8 Å². The van der Waals surface area contributed by atoms with Crippen molar-refractivity contribution in [1.29, 1.82) is 0 Å². The third-order valence-corrected chi connectivity index (χ3v) is 4.28. The standard InChI is InChI=1S/C16H22N4/c1-2-13-4-3-5-15(10-13)19-14-6-8-16(9-7-14)20-12-17-11-18-20/h6-9,11-13,15,19H,2-5,10H2,1H3. The highest BCUT2D eigenvalue weighted by atomic mass is 15.3. The number of benzene rings is 1. The monoisotopic (exact) mass is 270 g/mol. The quantitative estimate of drug-likeness (QED) is 0.922. The molecule has 1 aromatic carbocycles. The van der Waals surface area contributed by atoms with Crippen LogP contribution in [-0.2, 0) is 0 Å². The molecule has 2 unspecified atom stereocenters. The van der Waals surface area contributed by atoms with E-state index in [-0.39, 0.29) is 0 Å². The molecule has 1 aliphatic rings. The molecule has 4 nitrogen and oxygen atoms in total. The van der Waals surface area contributed by atoms with Crippen molar-refractivity contribution in [3.05, 3.63) is 36.9 Å². The van der Waals surface area contributed by atoms with Crippen molar-refractivity contribution in [3.8, 4) is 5.69 Å². The zero-order valence-electron chi connectivity index (χ0n) is 12.0. The average molecular weight is 270 g/mol. The van der Waals surface area contributed by atoms with Gasteiger partial charge in [-0.3, -0.25) is 0 Å². The van der Waals surface area contributed by atoms with Crippen LogP contribution in [0.3, 0.4) is 0 Å². The van der Waals surface area contributed by atoms with Crippen LogP contribution in [0.1, 0.15) is 39.0 Å². The van der Waals surface area contributed by atoms with Crippen LogP contribution in [0.2, 0.25) is 0 Å². The molecule has 0 spiro atoms. The van der Waals surface area contributed by atoms with Gasteiger partial charge in [0.2, 0.25) is 0 Å². The lowest BCUT2D eigenvalue weighted by atomic mass is 9.84. The average Bonchev–Trinajstić information content (AvgIpc) is 3.02. The van der Waals surface area contributed by atoms with Crippen LogP contribution in [-0.4, -0.2) is 20.8 Å². The number of anilines is 1. The zero-order chi connectivity index (χ0) is 13.8. The summed E-state index contributed by atoms with van der Waals surface area (Å²) in [6.07, 6.45) is 9.94. The first-order chi connectivity index (χ1) is 9.85. The molecule has 1 aromatic heterocycles. The third-order valence-electron chi connectivity index (χ3n) is 4.28. The molecule has 1 fully saturated rings. The molecule has 20 heavy (non-hydrogen) atoms. The van der Waals surface area contributed by atoms with E-state index in [0.29, 0.717) is 6.04 Å². The summed E-state index contributed by atoms with van der Waals surface area (Å²) in [5.41, 5.74) is 2.25. The summed E-state index contributed by atoms with van der Waals surface area (Å²) in [7, 11) is 0. The van der Waals surface area contributed by atoms with E-state index in [1.807, 2.05) is 0 Å². The van der Waals surface area contributed by atoms with Crippen molar-refractivity contribution < 1.29 is 0 Å². The fourth-order valence-corrected chi connectivity index (χ4v) is 3.08.